The molecule has 2 aromatic heterocycles. The van der Waals surface area contributed by atoms with Crippen LogP contribution < -0.4 is 5.32 Å². The van der Waals surface area contributed by atoms with Gasteiger partial charge in [0.2, 0.25) is 0 Å². The summed E-state index contributed by atoms with van der Waals surface area (Å²) in [6.07, 6.45) is 2.95. The minimum atomic E-state index is 0.256. The predicted molar refractivity (Wildman–Crippen MR) is 85.4 cm³/mol. The molecule has 1 atom stereocenters. The van der Waals surface area contributed by atoms with E-state index >= 15 is 0 Å². The van der Waals surface area contributed by atoms with E-state index in [-0.39, 0.29) is 6.04 Å². The van der Waals surface area contributed by atoms with Crippen LogP contribution >= 0.6 is 0 Å². The number of likely N-dealkylation sites (N-methyl/N-ethyl adjacent to an activating group) is 1. The fraction of sp³-hybridized carbons (Fsp3) is 0.625. The van der Waals surface area contributed by atoms with Crippen molar-refractivity contribution < 1.29 is 0 Å². The van der Waals surface area contributed by atoms with Gasteiger partial charge in [0.25, 0.3) is 0 Å². The summed E-state index contributed by atoms with van der Waals surface area (Å²) in [5.41, 5.74) is 3.44. The van der Waals surface area contributed by atoms with Crippen LogP contribution in [-0.4, -0.2) is 26.1 Å². The molecule has 0 amide bonds. The normalized spacial score (nSPS) is 13.0. The molecule has 2 aromatic rings. The Hall–Kier alpha value is -1.62. The number of aromatic nitrogens is 4. The van der Waals surface area contributed by atoms with Crippen LogP contribution in [0.15, 0.2) is 18.3 Å². The topological polar surface area (TPSA) is 47.7 Å². The first kappa shape index (κ1) is 15.8. The summed E-state index contributed by atoms with van der Waals surface area (Å²) in [6.45, 7) is 12.4. The fourth-order valence-corrected chi connectivity index (χ4v) is 2.61. The Morgan fingerprint density at radius 3 is 2.57 bits per heavy atom. The first-order chi connectivity index (χ1) is 10.0. The SMILES string of the molecule is CCNC(Cc1ccn(C(C)C)n1)c1cc(C)nn1CC. The van der Waals surface area contributed by atoms with Crippen LogP contribution in [0.25, 0.3) is 0 Å². The lowest BCUT2D eigenvalue weighted by Gasteiger charge is -2.18. The molecule has 0 bridgehead atoms. The molecule has 5 nitrogen and oxygen atoms in total. The molecule has 1 N–H and O–H groups in total. The second kappa shape index (κ2) is 6.89. The van der Waals surface area contributed by atoms with E-state index in [1.807, 2.05) is 11.6 Å². The summed E-state index contributed by atoms with van der Waals surface area (Å²) in [5, 5.41) is 12.8. The minimum absolute atomic E-state index is 0.256. The van der Waals surface area contributed by atoms with Gasteiger partial charge in [-0.2, -0.15) is 10.2 Å². The number of aryl methyl sites for hydroxylation is 2. The van der Waals surface area contributed by atoms with E-state index in [0.717, 1.165) is 30.9 Å². The van der Waals surface area contributed by atoms with E-state index in [2.05, 4.69) is 66.2 Å². The van der Waals surface area contributed by atoms with Crippen LogP contribution in [0.1, 0.15) is 56.9 Å². The van der Waals surface area contributed by atoms with E-state index in [4.69, 9.17) is 0 Å². The van der Waals surface area contributed by atoms with Crippen molar-refractivity contribution in [2.75, 3.05) is 6.54 Å². The van der Waals surface area contributed by atoms with Crippen LogP contribution in [0.4, 0.5) is 0 Å². The fourth-order valence-electron chi connectivity index (χ4n) is 2.61. The average molecular weight is 289 g/mol. The molecule has 2 heterocycles. The van der Waals surface area contributed by atoms with Gasteiger partial charge in [0.05, 0.1) is 23.1 Å². The van der Waals surface area contributed by atoms with Crippen molar-refractivity contribution in [1.29, 1.82) is 0 Å². The number of hydrogen-bond donors (Lipinski definition) is 1. The molecule has 0 aliphatic heterocycles. The molecular weight excluding hydrogens is 262 g/mol. The van der Waals surface area contributed by atoms with Crippen LogP contribution in [0.3, 0.4) is 0 Å². The van der Waals surface area contributed by atoms with Crippen molar-refractivity contribution in [2.24, 2.45) is 0 Å². The van der Waals surface area contributed by atoms with Gasteiger partial charge in [0.1, 0.15) is 0 Å². The van der Waals surface area contributed by atoms with Crippen molar-refractivity contribution >= 4 is 0 Å². The summed E-state index contributed by atoms with van der Waals surface area (Å²) in [4.78, 5) is 0. The lowest BCUT2D eigenvalue weighted by Crippen LogP contribution is -2.26. The molecular formula is C16H27N5. The Balaban J connectivity index is 2.21. The third kappa shape index (κ3) is 3.73. The Morgan fingerprint density at radius 1 is 1.24 bits per heavy atom. The molecule has 1 unspecified atom stereocenters. The van der Waals surface area contributed by atoms with Crippen molar-refractivity contribution in [3.63, 3.8) is 0 Å². The predicted octanol–water partition coefficient (Wildman–Crippen LogP) is 2.88. The molecule has 5 heteroatoms. The highest BCUT2D eigenvalue weighted by molar-refractivity contribution is 5.16. The van der Waals surface area contributed by atoms with Gasteiger partial charge in [0, 0.05) is 25.2 Å². The first-order valence-corrected chi connectivity index (χ1v) is 7.86. The maximum Gasteiger partial charge on any atom is 0.0644 e. The number of hydrogen-bond acceptors (Lipinski definition) is 3. The third-order valence-electron chi connectivity index (χ3n) is 3.65. The molecule has 0 fully saturated rings. The number of rotatable bonds is 7. The van der Waals surface area contributed by atoms with Gasteiger partial charge in [-0.1, -0.05) is 6.92 Å². The van der Waals surface area contributed by atoms with Gasteiger partial charge in [-0.15, -0.1) is 0 Å². The number of nitrogens with one attached hydrogen (secondary N) is 1. The molecule has 2 rings (SSSR count). The van der Waals surface area contributed by atoms with Crippen LogP contribution in [0, 0.1) is 6.92 Å². The first-order valence-electron chi connectivity index (χ1n) is 7.86. The highest BCUT2D eigenvalue weighted by atomic mass is 15.3. The Bertz CT molecular complexity index is 567. The molecule has 0 saturated heterocycles. The van der Waals surface area contributed by atoms with Gasteiger partial charge >= 0.3 is 0 Å². The van der Waals surface area contributed by atoms with E-state index in [9.17, 15) is 0 Å². The van der Waals surface area contributed by atoms with Crippen molar-refractivity contribution in [2.45, 2.75) is 59.7 Å². The molecule has 0 aliphatic rings. The highest BCUT2D eigenvalue weighted by Crippen LogP contribution is 2.19. The Kier molecular flexibility index (Phi) is 5.17. The van der Waals surface area contributed by atoms with Gasteiger partial charge in [-0.25, -0.2) is 0 Å². The van der Waals surface area contributed by atoms with Gasteiger partial charge in [-0.3, -0.25) is 9.36 Å². The molecule has 0 spiro atoms. The average Bonchev–Trinajstić information content (AvgIpc) is 3.04. The summed E-state index contributed by atoms with van der Waals surface area (Å²) in [6, 6.07) is 4.95. The standard InChI is InChI=1S/C16H27N5/c1-6-17-15(16-10-13(5)18-20(16)7-2)11-14-8-9-21(19-14)12(3)4/h8-10,12,15,17H,6-7,11H2,1-5H3. The molecule has 0 radical (unpaired) electrons. The molecule has 0 saturated carbocycles. The Morgan fingerprint density at radius 2 is 2.00 bits per heavy atom. The zero-order valence-electron chi connectivity index (χ0n) is 13.8. The van der Waals surface area contributed by atoms with E-state index < -0.39 is 0 Å². The zero-order chi connectivity index (χ0) is 15.4. The lowest BCUT2D eigenvalue weighted by atomic mass is 10.1. The van der Waals surface area contributed by atoms with Gasteiger partial charge in [-0.05, 0) is 46.4 Å². The smallest absolute Gasteiger partial charge is 0.0644 e. The lowest BCUT2D eigenvalue weighted by molar-refractivity contribution is 0.476. The second-order valence-corrected chi connectivity index (χ2v) is 5.72. The summed E-state index contributed by atoms with van der Waals surface area (Å²) < 4.78 is 4.10. The molecule has 116 valence electrons. The monoisotopic (exact) mass is 289 g/mol. The van der Waals surface area contributed by atoms with E-state index in [1.54, 1.807) is 0 Å². The second-order valence-electron chi connectivity index (χ2n) is 5.72. The zero-order valence-corrected chi connectivity index (χ0v) is 13.8. The number of nitrogens with zero attached hydrogens (tertiary/aromatic N) is 4. The van der Waals surface area contributed by atoms with E-state index in [0.29, 0.717) is 6.04 Å². The van der Waals surface area contributed by atoms with Crippen LogP contribution in [0.5, 0.6) is 0 Å². The van der Waals surface area contributed by atoms with Crippen molar-refractivity contribution in [1.82, 2.24) is 24.9 Å². The molecule has 0 aliphatic carbocycles. The van der Waals surface area contributed by atoms with Gasteiger partial charge < -0.3 is 5.32 Å². The van der Waals surface area contributed by atoms with E-state index in [1.165, 1.54) is 5.69 Å². The quantitative estimate of drug-likeness (QED) is 0.852. The van der Waals surface area contributed by atoms with Crippen LogP contribution in [-0.2, 0) is 13.0 Å². The molecule has 21 heavy (non-hydrogen) atoms. The summed E-state index contributed by atoms with van der Waals surface area (Å²) in [7, 11) is 0. The molecule has 0 aromatic carbocycles. The largest absolute Gasteiger partial charge is 0.309 e. The Labute approximate surface area is 127 Å². The van der Waals surface area contributed by atoms with Crippen molar-refractivity contribution in [3.05, 3.63) is 35.4 Å². The maximum atomic E-state index is 4.67. The third-order valence-corrected chi connectivity index (χ3v) is 3.65. The minimum Gasteiger partial charge on any atom is -0.309 e. The summed E-state index contributed by atoms with van der Waals surface area (Å²) >= 11 is 0. The van der Waals surface area contributed by atoms with Gasteiger partial charge in [0.15, 0.2) is 0 Å². The van der Waals surface area contributed by atoms with Crippen LogP contribution in [0.2, 0.25) is 0 Å². The summed E-state index contributed by atoms with van der Waals surface area (Å²) in [5.74, 6) is 0. The maximum absolute atomic E-state index is 4.67. The van der Waals surface area contributed by atoms with Crippen molar-refractivity contribution in [3.8, 4) is 0 Å². The highest BCUT2D eigenvalue weighted by Gasteiger charge is 2.18.